The fourth-order valence-corrected chi connectivity index (χ4v) is 2.51. The van der Waals surface area contributed by atoms with Crippen LogP contribution in [0.3, 0.4) is 0 Å². The summed E-state index contributed by atoms with van der Waals surface area (Å²) in [6.45, 7) is 3.50. The molecule has 0 atom stereocenters. The second-order valence-electron chi connectivity index (χ2n) is 5.07. The van der Waals surface area contributed by atoms with Crippen molar-refractivity contribution in [3.05, 3.63) is 54.2 Å². The van der Waals surface area contributed by atoms with Gasteiger partial charge in [0.05, 0.1) is 6.54 Å². The minimum absolute atomic E-state index is 0.00227. The van der Waals surface area contributed by atoms with Crippen LogP contribution in [-0.2, 0) is 13.1 Å². The highest BCUT2D eigenvalue weighted by Gasteiger charge is 2.14. The van der Waals surface area contributed by atoms with Crippen LogP contribution in [0.4, 0.5) is 0 Å². The number of nitrogens with one attached hydrogen (secondary N) is 1. The first-order chi connectivity index (χ1) is 10.2. The molecule has 0 saturated heterocycles. The zero-order valence-electron chi connectivity index (χ0n) is 12.2. The second kappa shape index (κ2) is 5.44. The van der Waals surface area contributed by atoms with Gasteiger partial charge >= 0.3 is 0 Å². The fraction of sp³-hybridized carbons (Fsp3) is 0.250. The molecule has 0 aliphatic heterocycles. The first-order valence-electron chi connectivity index (χ1n) is 7.01. The number of fused-ring (bicyclic) bond motifs is 1. The van der Waals surface area contributed by atoms with E-state index in [9.17, 15) is 4.79 Å². The van der Waals surface area contributed by atoms with Gasteiger partial charge in [-0.3, -0.25) is 4.79 Å². The number of rotatable bonds is 4. The number of carbonyl (C=O) groups excluding carboxylic acids is 1. The van der Waals surface area contributed by atoms with Gasteiger partial charge in [-0.2, -0.15) is 0 Å². The van der Waals surface area contributed by atoms with Gasteiger partial charge in [-0.15, -0.1) is 0 Å². The van der Waals surface area contributed by atoms with Gasteiger partial charge in [-0.1, -0.05) is 0 Å². The van der Waals surface area contributed by atoms with E-state index in [1.165, 1.54) is 0 Å². The molecule has 2 aromatic heterocycles. The molecule has 0 saturated carbocycles. The highest BCUT2D eigenvalue weighted by molar-refractivity contribution is 5.98. The third-order valence-electron chi connectivity index (χ3n) is 3.65. The molecule has 2 heterocycles. The Kier molecular flexibility index (Phi) is 3.48. The molecule has 5 heteroatoms. The summed E-state index contributed by atoms with van der Waals surface area (Å²) >= 11 is 0. The van der Waals surface area contributed by atoms with Crippen molar-refractivity contribution in [2.45, 2.75) is 20.0 Å². The summed E-state index contributed by atoms with van der Waals surface area (Å²) in [6.07, 6.45) is 5.49. The summed E-state index contributed by atoms with van der Waals surface area (Å²) in [5.41, 5.74) is 1.85. The van der Waals surface area contributed by atoms with E-state index < -0.39 is 0 Å². The Bertz CT molecular complexity index is 758. The number of imidazole rings is 1. The lowest BCUT2D eigenvalue weighted by Gasteiger charge is -2.16. The van der Waals surface area contributed by atoms with E-state index in [1.54, 1.807) is 24.3 Å². The molecule has 0 radical (unpaired) electrons. The molecule has 3 aromatic rings. The van der Waals surface area contributed by atoms with E-state index >= 15 is 0 Å². The molecule has 0 spiro atoms. The number of nitrogens with zero attached hydrogens (tertiary/aromatic N) is 3. The molecule has 0 aliphatic carbocycles. The van der Waals surface area contributed by atoms with Crippen LogP contribution in [0.25, 0.3) is 10.9 Å². The molecule has 0 bridgehead atoms. The van der Waals surface area contributed by atoms with Crippen molar-refractivity contribution in [3.8, 4) is 0 Å². The van der Waals surface area contributed by atoms with Crippen molar-refractivity contribution < 1.29 is 4.79 Å². The molecule has 1 N–H and O–H groups in total. The van der Waals surface area contributed by atoms with E-state index in [1.807, 2.05) is 30.5 Å². The van der Waals surface area contributed by atoms with Crippen molar-refractivity contribution in [2.75, 3.05) is 7.05 Å². The predicted molar refractivity (Wildman–Crippen MR) is 82.0 cm³/mol. The van der Waals surface area contributed by atoms with Crippen molar-refractivity contribution in [3.63, 3.8) is 0 Å². The summed E-state index contributed by atoms with van der Waals surface area (Å²) in [7, 11) is 1.78. The standard InChI is InChI=1S/C16H18N4O/c1-3-20-9-6-12-10-13(4-5-14(12)20)16(21)19(2)11-15-17-7-8-18-15/h4-10H,3,11H2,1-2H3,(H,17,18). The number of H-pyrrole nitrogens is 1. The van der Waals surface area contributed by atoms with Crippen molar-refractivity contribution >= 4 is 16.8 Å². The average molecular weight is 282 g/mol. The molecular formula is C16H18N4O. The Morgan fingerprint density at radius 2 is 2.24 bits per heavy atom. The summed E-state index contributed by atoms with van der Waals surface area (Å²) in [4.78, 5) is 21.3. The number of aromatic amines is 1. The summed E-state index contributed by atoms with van der Waals surface area (Å²) < 4.78 is 2.16. The topological polar surface area (TPSA) is 53.9 Å². The van der Waals surface area contributed by atoms with Gasteiger partial charge in [-0.05, 0) is 31.2 Å². The number of aromatic nitrogens is 3. The Hall–Kier alpha value is -2.56. The van der Waals surface area contributed by atoms with Crippen LogP contribution in [0.5, 0.6) is 0 Å². The van der Waals surface area contributed by atoms with Gasteiger partial charge in [0, 0.05) is 48.6 Å². The minimum Gasteiger partial charge on any atom is -0.348 e. The number of benzene rings is 1. The van der Waals surface area contributed by atoms with Crippen molar-refractivity contribution in [1.29, 1.82) is 0 Å². The highest BCUT2D eigenvalue weighted by Crippen LogP contribution is 2.18. The lowest BCUT2D eigenvalue weighted by Crippen LogP contribution is -2.26. The van der Waals surface area contributed by atoms with Crippen molar-refractivity contribution in [1.82, 2.24) is 19.4 Å². The van der Waals surface area contributed by atoms with Crippen LogP contribution >= 0.6 is 0 Å². The van der Waals surface area contributed by atoms with Gasteiger partial charge in [0.1, 0.15) is 5.82 Å². The fourth-order valence-electron chi connectivity index (χ4n) is 2.51. The van der Waals surface area contributed by atoms with E-state index in [0.717, 1.165) is 23.3 Å². The molecule has 0 unspecified atom stereocenters. The molecule has 0 aliphatic rings. The zero-order chi connectivity index (χ0) is 14.8. The maximum Gasteiger partial charge on any atom is 0.254 e. The molecule has 108 valence electrons. The van der Waals surface area contributed by atoms with Crippen LogP contribution < -0.4 is 0 Å². The lowest BCUT2D eigenvalue weighted by molar-refractivity contribution is 0.0782. The normalized spacial score (nSPS) is 11.0. The summed E-state index contributed by atoms with van der Waals surface area (Å²) in [6, 6.07) is 7.88. The van der Waals surface area contributed by atoms with Crippen LogP contribution in [0, 0.1) is 0 Å². The van der Waals surface area contributed by atoms with Gasteiger partial charge in [-0.25, -0.2) is 4.98 Å². The first kappa shape index (κ1) is 13.4. The van der Waals surface area contributed by atoms with Gasteiger partial charge in [0.2, 0.25) is 0 Å². The second-order valence-corrected chi connectivity index (χ2v) is 5.07. The highest BCUT2D eigenvalue weighted by atomic mass is 16.2. The first-order valence-corrected chi connectivity index (χ1v) is 7.01. The van der Waals surface area contributed by atoms with Crippen LogP contribution in [0.1, 0.15) is 23.1 Å². The molecule has 3 rings (SSSR count). The van der Waals surface area contributed by atoms with Gasteiger partial charge < -0.3 is 14.5 Å². The maximum absolute atomic E-state index is 12.5. The Balaban J connectivity index is 1.84. The van der Waals surface area contributed by atoms with E-state index in [4.69, 9.17) is 0 Å². The van der Waals surface area contributed by atoms with Crippen LogP contribution in [0.15, 0.2) is 42.9 Å². The number of hydrogen-bond donors (Lipinski definition) is 1. The van der Waals surface area contributed by atoms with Crippen LogP contribution in [-0.4, -0.2) is 32.4 Å². The largest absolute Gasteiger partial charge is 0.348 e. The summed E-state index contributed by atoms with van der Waals surface area (Å²) in [5, 5.41) is 1.09. The third kappa shape index (κ3) is 2.54. The zero-order valence-corrected chi connectivity index (χ0v) is 12.2. The third-order valence-corrected chi connectivity index (χ3v) is 3.65. The van der Waals surface area contributed by atoms with E-state index in [0.29, 0.717) is 12.1 Å². The smallest absolute Gasteiger partial charge is 0.254 e. The van der Waals surface area contributed by atoms with Crippen LogP contribution in [0.2, 0.25) is 0 Å². The molecule has 5 nitrogen and oxygen atoms in total. The Labute approximate surface area is 123 Å². The number of carbonyl (C=O) groups is 1. The number of aryl methyl sites for hydroxylation is 1. The monoisotopic (exact) mass is 282 g/mol. The average Bonchev–Trinajstić information content (AvgIpc) is 3.14. The van der Waals surface area contributed by atoms with Gasteiger partial charge in [0.25, 0.3) is 5.91 Å². The molecule has 1 aromatic carbocycles. The lowest BCUT2D eigenvalue weighted by atomic mass is 10.1. The quantitative estimate of drug-likeness (QED) is 0.800. The molecular weight excluding hydrogens is 264 g/mol. The minimum atomic E-state index is -0.00227. The Morgan fingerprint density at radius 1 is 1.38 bits per heavy atom. The Morgan fingerprint density at radius 3 is 2.95 bits per heavy atom. The van der Waals surface area contributed by atoms with E-state index in [-0.39, 0.29) is 5.91 Å². The van der Waals surface area contributed by atoms with E-state index in [2.05, 4.69) is 21.5 Å². The SMILES string of the molecule is CCn1ccc2cc(C(=O)N(C)Cc3ncc[nH]3)ccc21. The number of amides is 1. The summed E-state index contributed by atoms with van der Waals surface area (Å²) in [5.74, 6) is 0.779. The molecule has 0 fully saturated rings. The molecule has 21 heavy (non-hydrogen) atoms. The van der Waals surface area contributed by atoms with Gasteiger partial charge in [0.15, 0.2) is 0 Å². The maximum atomic E-state index is 12.5. The van der Waals surface area contributed by atoms with Crippen molar-refractivity contribution in [2.24, 2.45) is 0 Å². The molecule has 1 amide bonds. The predicted octanol–water partition coefficient (Wildman–Crippen LogP) is 2.66. The number of hydrogen-bond acceptors (Lipinski definition) is 2.